The molecule has 0 fully saturated rings. The highest BCUT2D eigenvalue weighted by molar-refractivity contribution is 9.10. The van der Waals surface area contributed by atoms with Gasteiger partial charge in [0.15, 0.2) is 0 Å². The zero-order valence-corrected chi connectivity index (χ0v) is 13.7. The summed E-state index contributed by atoms with van der Waals surface area (Å²) in [6.07, 6.45) is -4.53. The second-order valence-corrected chi connectivity index (χ2v) is 7.36. The highest BCUT2D eigenvalue weighted by Crippen LogP contribution is 2.32. The van der Waals surface area contributed by atoms with E-state index in [-0.39, 0.29) is 10.6 Å². The number of nitrogens with zero attached hydrogens (tertiary/aromatic N) is 1. The van der Waals surface area contributed by atoms with Crippen molar-refractivity contribution in [1.82, 2.24) is 0 Å². The third-order valence-corrected chi connectivity index (χ3v) is 5.34. The summed E-state index contributed by atoms with van der Waals surface area (Å²) >= 11 is 3.19. The molecule has 0 aliphatic rings. The van der Waals surface area contributed by atoms with Crippen LogP contribution in [-0.4, -0.2) is 15.5 Å². The van der Waals surface area contributed by atoms with E-state index < -0.39 is 21.8 Å². The van der Waals surface area contributed by atoms with Crippen LogP contribution in [-0.2, 0) is 16.2 Å². The van der Waals surface area contributed by atoms with E-state index in [4.69, 9.17) is 0 Å². The van der Waals surface area contributed by atoms with Crippen molar-refractivity contribution in [2.45, 2.75) is 11.1 Å². The lowest BCUT2D eigenvalue weighted by Crippen LogP contribution is -2.26. The van der Waals surface area contributed by atoms with E-state index in [1.54, 1.807) is 12.1 Å². The molecule has 0 aliphatic carbocycles. The number of anilines is 1. The van der Waals surface area contributed by atoms with E-state index in [2.05, 4.69) is 15.9 Å². The number of hydrogen-bond acceptors (Lipinski definition) is 2. The fourth-order valence-electron chi connectivity index (χ4n) is 1.78. The molecule has 0 saturated carbocycles. The van der Waals surface area contributed by atoms with Crippen LogP contribution >= 0.6 is 15.9 Å². The molecule has 118 valence electrons. The zero-order chi connectivity index (χ0) is 16.5. The number of hydrogen-bond donors (Lipinski definition) is 0. The van der Waals surface area contributed by atoms with Crippen LogP contribution in [0.4, 0.5) is 18.9 Å². The van der Waals surface area contributed by atoms with Gasteiger partial charge in [0, 0.05) is 11.5 Å². The van der Waals surface area contributed by atoms with Crippen LogP contribution in [0.1, 0.15) is 5.56 Å². The maximum atomic E-state index is 12.7. The van der Waals surface area contributed by atoms with E-state index in [0.717, 1.165) is 16.4 Å². The van der Waals surface area contributed by atoms with Gasteiger partial charge in [0.05, 0.1) is 16.1 Å². The number of rotatable bonds is 3. The summed E-state index contributed by atoms with van der Waals surface area (Å²) in [5.41, 5.74) is -0.958. The molecular weight excluding hydrogens is 383 g/mol. The van der Waals surface area contributed by atoms with Crippen LogP contribution in [0.2, 0.25) is 0 Å². The first-order valence-electron chi connectivity index (χ1n) is 6.04. The van der Waals surface area contributed by atoms with Crippen molar-refractivity contribution in [1.29, 1.82) is 0 Å². The van der Waals surface area contributed by atoms with Gasteiger partial charge < -0.3 is 0 Å². The van der Waals surface area contributed by atoms with Crippen LogP contribution in [0.15, 0.2) is 57.9 Å². The van der Waals surface area contributed by atoms with E-state index in [1.807, 2.05) is 0 Å². The minimum Gasteiger partial charge on any atom is -0.269 e. The van der Waals surface area contributed by atoms with Crippen molar-refractivity contribution in [3.8, 4) is 0 Å². The predicted molar refractivity (Wildman–Crippen MR) is 81.2 cm³/mol. The summed E-state index contributed by atoms with van der Waals surface area (Å²) in [7, 11) is -2.71. The van der Waals surface area contributed by atoms with Crippen molar-refractivity contribution in [3.63, 3.8) is 0 Å². The minimum atomic E-state index is -4.53. The Hall–Kier alpha value is -1.54. The van der Waals surface area contributed by atoms with Crippen molar-refractivity contribution < 1.29 is 21.6 Å². The summed E-state index contributed by atoms with van der Waals surface area (Å²) in [5, 5.41) is 0. The molecule has 3 nitrogen and oxygen atoms in total. The number of halogens is 4. The largest absolute Gasteiger partial charge is 0.416 e. The zero-order valence-electron chi connectivity index (χ0n) is 11.3. The third kappa shape index (κ3) is 3.44. The standard InChI is InChI=1S/C14H11BrF3NO2S/c1-19(12-4-2-3-10(9-12)14(16,17)18)22(20,21)13-7-5-11(15)6-8-13/h2-9H,1H3. The smallest absolute Gasteiger partial charge is 0.269 e. The Labute approximate surface area is 134 Å². The van der Waals surface area contributed by atoms with E-state index in [0.29, 0.717) is 4.47 Å². The van der Waals surface area contributed by atoms with Crippen LogP contribution in [0.5, 0.6) is 0 Å². The molecule has 2 rings (SSSR count). The van der Waals surface area contributed by atoms with E-state index >= 15 is 0 Å². The Bertz CT molecular complexity index is 773. The van der Waals surface area contributed by atoms with Gasteiger partial charge in [-0.3, -0.25) is 4.31 Å². The molecule has 2 aromatic carbocycles. The van der Waals surface area contributed by atoms with Gasteiger partial charge in [0.25, 0.3) is 10.0 Å². The van der Waals surface area contributed by atoms with Gasteiger partial charge in [-0.1, -0.05) is 22.0 Å². The summed E-state index contributed by atoms with van der Waals surface area (Å²) < 4.78 is 64.6. The molecule has 0 atom stereocenters. The van der Waals surface area contributed by atoms with Gasteiger partial charge in [-0.25, -0.2) is 8.42 Å². The van der Waals surface area contributed by atoms with Gasteiger partial charge in [0.2, 0.25) is 0 Å². The van der Waals surface area contributed by atoms with Crippen molar-refractivity contribution in [2.75, 3.05) is 11.4 Å². The summed E-state index contributed by atoms with van der Waals surface area (Å²) in [6, 6.07) is 10.0. The maximum Gasteiger partial charge on any atom is 0.416 e. The highest BCUT2D eigenvalue weighted by atomic mass is 79.9. The van der Waals surface area contributed by atoms with Crippen LogP contribution in [0.3, 0.4) is 0 Å². The average molecular weight is 394 g/mol. The van der Waals surface area contributed by atoms with Gasteiger partial charge in [-0.05, 0) is 42.5 Å². The van der Waals surface area contributed by atoms with Gasteiger partial charge in [-0.2, -0.15) is 13.2 Å². The number of sulfonamides is 1. The molecule has 8 heteroatoms. The Morgan fingerprint density at radius 3 is 2.18 bits per heavy atom. The quantitative estimate of drug-likeness (QED) is 0.779. The highest BCUT2D eigenvalue weighted by Gasteiger charge is 2.31. The van der Waals surface area contributed by atoms with Crippen LogP contribution in [0, 0.1) is 0 Å². The molecule has 0 spiro atoms. The Morgan fingerprint density at radius 1 is 1.05 bits per heavy atom. The molecule has 0 heterocycles. The van der Waals surface area contributed by atoms with E-state index in [9.17, 15) is 21.6 Å². The van der Waals surface area contributed by atoms with Crippen LogP contribution in [0.25, 0.3) is 0 Å². The molecule has 0 aliphatic heterocycles. The molecule has 0 aromatic heterocycles. The minimum absolute atomic E-state index is 0.00406. The topological polar surface area (TPSA) is 37.4 Å². The fourth-order valence-corrected chi connectivity index (χ4v) is 3.23. The van der Waals surface area contributed by atoms with Gasteiger partial charge in [0.1, 0.15) is 0 Å². The van der Waals surface area contributed by atoms with Gasteiger partial charge >= 0.3 is 6.18 Å². The monoisotopic (exact) mass is 393 g/mol. The Balaban J connectivity index is 2.43. The average Bonchev–Trinajstić information content (AvgIpc) is 2.46. The maximum absolute atomic E-state index is 12.7. The first-order chi connectivity index (χ1) is 10.1. The molecule has 22 heavy (non-hydrogen) atoms. The molecule has 0 saturated heterocycles. The third-order valence-electron chi connectivity index (χ3n) is 3.01. The molecule has 0 unspecified atom stereocenters. The summed E-state index contributed by atoms with van der Waals surface area (Å²) in [4.78, 5) is -0.00406. The summed E-state index contributed by atoms with van der Waals surface area (Å²) in [6.45, 7) is 0. The normalized spacial score (nSPS) is 12.2. The fraction of sp³-hybridized carbons (Fsp3) is 0.143. The lowest BCUT2D eigenvalue weighted by molar-refractivity contribution is -0.137. The molecule has 0 bridgehead atoms. The second kappa shape index (κ2) is 5.92. The van der Waals surface area contributed by atoms with Crippen molar-refractivity contribution in [3.05, 3.63) is 58.6 Å². The first-order valence-corrected chi connectivity index (χ1v) is 8.27. The number of benzene rings is 2. The lowest BCUT2D eigenvalue weighted by Gasteiger charge is -2.20. The first kappa shape index (κ1) is 16.8. The Morgan fingerprint density at radius 2 is 1.64 bits per heavy atom. The molecular formula is C14H11BrF3NO2S. The van der Waals surface area contributed by atoms with Gasteiger partial charge in [-0.15, -0.1) is 0 Å². The molecule has 2 aromatic rings. The SMILES string of the molecule is CN(c1cccc(C(F)(F)F)c1)S(=O)(=O)c1ccc(Br)cc1. The van der Waals surface area contributed by atoms with Crippen molar-refractivity contribution >= 4 is 31.6 Å². The molecule has 0 amide bonds. The van der Waals surface area contributed by atoms with E-state index in [1.165, 1.54) is 31.3 Å². The second-order valence-electron chi connectivity index (χ2n) is 4.47. The number of alkyl halides is 3. The molecule has 0 radical (unpaired) electrons. The predicted octanol–water partition coefficient (Wildman–Crippen LogP) is 4.29. The summed E-state index contributed by atoms with van der Waals surface area (Å²) in [5.74, 6) is 0. The lowest BCUT2D eigenvalue weighted by atomic mass is 10.2. The van der Waals surface area contributed by atoms with Crippen molar-refractivity contribution in [2.24, 2.45) is 0 Å². The Kier molecular flexibility index (Phi) is 4.53. The molecule has 0 N–H and O–H groups in total. The van der Waals surface area contributed by atoms with Crippen LogP contribution < -0.4 is 4.31 Å².